The number of hydrogen-bond donors (Lipinski definition) is 2. The van der Waals surface area contributed by atoms with Crippen LogP contribution in [0.4, 0.5) is 0 Å². The van der Waals surface area contributed by atoms with E-state index in [0.717, 1.165) is 51.8 Å². The Balaban J connectivity index is 1.87. The molecule has 0 radical (unpaired) electrons. The molecule has 0 aromatic carbocycles. The summed E-state index contributed by atoms with van der Waals surface area (Å²) < 4.78 is 10.6. The fourth-order valence-corrected chi connectivity index (χ4v) is 4.36. The summed E-state index contributed by atoms with van der Waals surface area (Å²) in [4.78, 5) is 7.50. The summed E-state index contributed by atoms with van der Waals surface area (Å²) >= 11 is 0. The maximum absolute atomic E-state index is 5.35. The molecule has 6 heteroatoms. The lowest BCUT2D eigenvalue weighted by Crippen LogP contribution is -2.46. The van der Waals surface area contributed by atoms with Crippen molar-refractivity contribution in [1.29, 1.82) is 0 Å². The molecule has 1 unspecified atom stereocenters. The summed E-state index contributed by atoms with van der Waals surface area (Å²) in [5.41, 5.74) is 0.343. The lowest BCUT2D eigenvalue weighted by molar-refractivity contribution is 0.140. The van der Waals surface area contributed by atoms with Gasteiger partial charge < -0.3 is 20.1 Å². The van der Waals surface area contributed by atoms with Crippen molar-refractivity contribution < 1.29 is 9.47 Å². The monoisotopic (exact) mass is 368 g/mol. The Labute approximate surface area is 160 Å². The highest BCUT2D eigenvalue weighted by Crippen LogP contribution is 2.41. The quantitative estimate of drug-likeness (QED) is 0.433. The third kappa shape index (κ3) is 6.71. The van der Waals surface area contributed by atoms with Crippen LogP contribution in [0.2, 0.25) is 0 Å². The average Bonchev–Trinajstić information content (AvgIpc) is 3.30. The largest absolute Gasteiger partial charge is 0.385 e. The number of ether oxygens (including phenoxy) is 2. The fraction of sp³-hybridized carbons (Fsp3) is 0.950. The third-order valence-corrected chi connectivity index (χ3v) is 6.00. The second-order valence-electron chi connectivity index (χ2n) is 7.85. The number of methoxy groups -OCH3 is 2. The molecule has 0 aromatic heterocycles. The summed E-state index contributed by atoms with van der Waals surface area (Å²) in [6.07, 6.45) is 8.90. The molecule has 6 nitrogen and oxygen atoms in total. The first-order valence-corrected chi connectivity index (χ1v) is 10.5. The van der Waals surface area contributed by atoms with Gasteiger partial charge in [-0.1, -0.05) is 12.8 Å². The van der Waals surface area contributed by atoms with Crippen molar-refractivity contribution in [3.05, 3.63) is 0 Å². The van der Waals surface area contributed by atoms with Crippen molar-refractivity contribution in [2.75, 3.05) is 60.2 Å². The van der Waals surface area contributed by atoms with Crippen LogP contribution in [0.3, 0.4) is 0 Å². The maximum atomic E-state index is 5.35. The van der Waals surface area contributed by atoms with Crippen LogP contribution in [-0.4, -0.2) is 77.1 Å². The molecule has 2 rings (SSSR count). The summed E-state index contributed by atoms with van der Waals surface area (Å²) in [5.74, 6) is 0.967. The van der Waals surface area contributed by atoms with Gasteiger partial charge in [-0.05, 0) is 51.0 Å². The first-order chi connectivity index (χ1) is 12.7. The minimum atomic E-state index is 0.343. The highest BCUT2D eigenvalue weighted by atomic mass is 16.5. The fourth-order valence-electron chi connectivity index (χ4n) is 4.36. The Morgan fingerprint density at radius 1 is 1.12 bits per heavy atom. The lowest BCUT2D eigenvalue weighted by Gasteiger charge is -2.28. The van der Waals surface area contributed by atoms with Gasteiger partial charge in [0.15, 0.2) is 5.96 Å². The molecule has 1 aliphatic carbocycles. The Hall–Kier alpha value is -0.850. The molecule has 2 N–H and O–H groups in total. The molecule has 26 heavy (non-hydrogen) atoms. The second kappa shape index (κ2) is 11.8. The van der Waals surface area contributed by atoms with Crippen molar-refractivity contribution >= 4 is 5.96 Å². The highest BCUT2D eigenvalue weighted by molar-refractivity contribution is 5.79. The zero-order valence-electron chi connectivity index (χ0n) is 17.2. The number of nitrogens with one attached hydrogen (secondary N) is 2. The summed E-state index contributed by atoms with van der Waals surface area (Å²) in [5, 5.41) is 7.02. The zero-order chi connectivity index (χ0) is 18.7. The molecule has 2 fully saturated rings. The topological polar surface area (TPSA) is 58.1 Å². The molecule has 2 aliphatic rings. The standard InChI is InChI=1S/C20H40N4O2/c1-4-21-19(22-16-18-8-7-12-24(18)13-15-26-3)23-17-20(11-14-25-2)9-5-6-10-20/h18H,4-17H2,1-3H3,(H2,21,22,23). The van der Waals surface area contributed by atoms with Gasteiger partial charge in [0.1, 0.15) is 0 Å². The minimum Gasteiger partial charge on any atom is -0.385 e. The van der Waals surface area contributed by atoms with E-state index in [-0.39, 0.29) is 0 Å². The first kappa shape index (κ1) is 21.5. The molecular formula is C20H40N4O2. The molecule has 152 valence electrons. The van der Waals surface area contributed by atoms with E-state index in [4.69, 9.17) is 14.5 Å². The first-order valence-electron chi connectivity index (χ1n) is 10.5. The van der Waals surface area contributed by atoms with Crippen LogP contribution in [0.15, 0.2) is 4.99 Å². The normalized spacial score (nSPS) is 23.5. The highest BCUT2D eigenvalue weighted by Gasteiger charge is 2.33. The summed E-state index contributed by atoms with van der Waals surface area (Å²) in [6.45, 7) is 8.76. The number of aliphatic imine (C=N–C) groups is 1. The Bertz CT molecular complexity index is 411. The van der Waals surface area contributed by atoms with Crippen molar-refractivity contribution in [1.82, 2.24) is 15.5 Å². The number of rotatable bonds is 11. The zero-order valence-corrected chi connectivity index (χ0v) is 17.2. The van der Waals surface area contributed by atoms with Crippen molar-refractivity contribution in [2.45, 2.75) is 57.9 Å². The van der Waals surface area contributed by atoms with E-state index in [0.29, 0.717) is 11.5 Å². The third-order valence-electron chi connectivity index (χ3n) is 6.00. The predicted octanol–water partition coefficient (Wildman–Crippen LogP) is 2.25. The molecule has 0 amide bonds. The van der Waals surface area contributed by atoms with Gasteiger partial charge >= 0.3 is 0 Å². The van der Waals surface area contributed by atoms with E-state index >= 15 is 0 Å². The van der Waals surface area contributed by atoms with Crippen LogP contribution in [0.5, 0.6) is 0 Å². The molecule has 1 aliphatic heterocycles. The summed E-state index contributed by atoms with van der Waals surface area (Å²) in [7, 11) is 3.58. The smallest absolute Gasteiger partial charge is 0.191 e. The van der Waals surface area contributed by atoms with Gasteiger partial charge in [-0.15, -0.1) is 0 Å². The SMILES string of the molecule is CCNC(=NCC1(CCOC)CCCC1)NCC1CCCN1CCOC. The van der Waals surface area contributed by atoms with Gasteiger partial charge in [0.05, 0.1) is 6.61 Å². The van der Waals surface area contributed by atoms with Crippen LogP contribution in [0.1, 0.15) is 51.9 Å². The Kier molecular flexibility index (Phi) is 9.72. The number of nitrogens with zero attached hydrogens (tertiary/aromatic N) is 2. The molecule has 0 spiro atoms. The van der Waals surface area contributed by atoms with Crippen molar-refractivity contribution in [3.63, 3.8) is 0 Å². The van der Waals surface area contributed by atoms with E-state index in [2.05, 4.69) is 22.5 Å². The molecule has 1 atom stereocenters. The van der Waals surface area contributed by atoms with E-state index in [9.17, 15) is 0 Å². The molecule has 0 bridgehead atoms. The van der Waals surface area contributed by atoms with E-state index in [1.807, 2.05) is 0 Å². The van der Waals surface area contributed by atoms with Crippen LogP contribution >= 0.6 is 0 Å². The summed E-state index contributed by atoms with van der Waals surface area (Å²) in [6, 6.07) is 0.586. The van der Waals surface area contributed by atoms with Gasteiger partial charge in [0.2, 0.25) is 0 Å². The molecule has 1 heterocycles. The predicted molar refractivity (Wildman–Crippen MR) is 108 cm³/mol. The van der Waals surface area contributed by atoms with E-state index in [1.165, 1.54) is 45.1 Å². The van der Waals surface area contributed by atoms with E-state index in [1.54, 1.807) is 14.2 Å². The molecular weight excluding hydrogens is 328 g/mol. The van der Waals surface area contributed by atoms with Gasteiger partial charge in [-0.25, -0.2) is 0 Å². The average molecular weight is 369 g/mol. The number of hydrogen-bond acceptors (Lipinski definition) is 4. The maximum Gasteiger partial charge on any atom is 0.191 e. The van der Waals surface area contributed by atoms with Gasteiger partial charge in [0, 0.05) is 53.0 Å². The molecule has 1 saturated carbocycles. The number of guanidine groups is 1. The minimum absolute atomic E-state index is 0.343. The molecule has 0 aromatic rings. The molecule has 1 saturated heterocycles. The van der Waals surface area contributed by atoms with Crippen LogP contribution in [-0.2, 0) is 9.47 Å². The van der Waals surface area contributed by atoms with Crippen molar-refractivity contribution in [3.8, 4) is 0 Å². The van der Waals surface area contributed by atoms with Gasteiger partial charge in [-0.3, -0.25) is 9.89 Å². The van der Waals surface area contributed by atoms with Crippen LogP contribution in [0, 0.1) is 5.41 Å². The van der Waals surface area contributed by atoms with E-state index < -0.39 is 0 Å². The Morgan fingerprint density at radius 3 is 2.58 bits per heavy atom. The van der Waals surface area contributed by atoms with Gasteiger partial charge in [-0.2, -0.15) is 0 Å². The number of likely N-dealkylation sites (tertiary alicyclic amines) is 1. The van der Waals surface area contributed by atoms with Crippen molar-refractivity contribution in [2.24, 2.45) is 10.4 Å². The Morgan fingerprint density at radius 2 is 1.88 bits per heavy atom. The second-order valence-corrected chi connectivity index (χ2v) is 7.85. The van der Waals surface area contributed by atoms with Crippen LogP contribution in [0.25, 0.3) is 0 Å². The van der Waals surface area contributed by atoms with Crippen LogP contribution < -0.4 is 10.6 Å². The van der Waals surface area contributed by atoms with Gasteiger partial charge in [0.25, 0.3) is 0 Å². The lowest BCUT2D eigenvalue weighted by atomic mass is 9.83.